The molecule has 7 nitrogen and oxygen atoms in total. The Bertz CT molecular complexity index is 1650. The van der Waals surface area contributed by atoms with Gasteiger partial charge >= 0.3 is 0 Å². The number of halogens is 1. The molecule has 2 aromatic heterocycles. The van der Waals surface area contributed by atoms with E-state index in [1.807, 2.05) is 18.2 Å². The molecule has 188 valence electrons. The Kier molecular flexibility index (Phi) is 7.01. The number of nitrogens with one attached hydrogen (secondary N) is 1. The second kappa shape index (κ2) is 10.4. The van der Waals surface area contributed by atoms with Gasteiger partial charge in [-0.05, 0) is 78.7 Å². The van der Waals surface area contributed by atoms with Crippen molar-refractivity contribution in [2.24, 2.45) is 0 Å². The fourth-order valence-electron chi connectivity index (χ4n) is 3.84. The van der Waals surface area contributed by atoms with Crippen molar-refractivity contribution in [2.75, 3.05) is 9.62 Å². The highest BCUT2D eigenvalue weighted by Gasteiger charge is 2.24. The van der Waals surface area contributed by atoms with E-state index >= 15 is 0 Å². The Labute approximate surface area is 223 Å². The van der Waals surface area contributed by atoms with E-state index in [4.69, 9.17) is 21.0 Å². The molecule has 0 saturated carbocycles. The number of nitrogens with zero attached hydrogens (tertiary/aromatic N) is 2. The Morgan fingerprint density at radius 3 is 2.46 bits per heavy atom. The third-order valence-electron chi connectivity index (χ3n) is 5.75. The average Bonchev–Trinajstić information content (AvgIpc) is 3.57. The largest absolute Gasteiger partial charge is 0.467 e. The standard InChI is InChI=1S/C27H22ClN3O4S2/c1-2-18-5-3-7-24-25(18)29-27(36-24)31(17-22-6-4-16-35-22)26(32)19-8-12-21(13-9-19)30-37(33,34)23-14-10-20(28)11-15-23/h3-16,30H,2,17H2,1H3. The molecule has 0 saturated heterocycles. The number of thiazole rings is 1. The molecular weight excluding hydrogens is 530 g/mol. The highest BCUT2D eigenvalue weighted by atomic mass is 35.5. The number of benzene rings is 3. The Morgan fingerprint density at radius 2 is 1.78 bits per heavy atom. The molecule has 0 unspecified atom stereocenters. The first-order valence-corrected chi connectivity index (χ1v) is 14.1. The molecular formula is C27H22ClN3O4S2. The molecule has 37 heavy (non-hydrogen) atoms. The summed E-state index contributed by atoms with van der Waals surface area (Å²) in [6.45, 7) is 2.28. The predicted octanol–water partition coefficient (Wildman–Crippen LogP) is 6.75. The van der Waals surface area contributed by atoms with Crippen LogP contribution in [0.4, 0.5) is 10.8 Å². The molecule has 0 fully saturated rings. The van der Waals surface area contributed by atoms with Gasteiger partial charge in [0.1, 0.15) is 5.76 Å². The van der Waals surface area contributed by atoms with Crippen molar-refractivity contribution in [3.05, 3.63) is 107 Å². The number of anilines is 2. The summed E-state index contributed by atoms with van der Waals surface area (Å²) in [5.74, 6) is 0.344. The van der Waals surface area contributed by atoms with Gasteiger partial charge in [-0.15, -0.1) is 0 Å². The summed E-state index contributed by atoms with van der Waals surface area (Å²) in [5, 5.41) is 1.00. The van der Waals surface area contributed by atoms with Crippen molar-refractivity contribution >= 4 is 59.9 Å². The zero-order valence-corrected chi connectivity index (χ0v) is 22.1. The molecule has 1 N–H and O–H groups in total. The number of hydrogen-bond donors (Lipinski definition) is 1. The molecule has 0 aliphatic rings. The maximum absolute atomic E-state index is 13.7. The van der Waals surface area contributed by atoms with Gasteiger partial charge in [-0.25, -0.2) is 13.4 Å². The number of fused-ring (bicyclic) bond motifs is 1. The number of amides is 1. The molecule has 2 heterocycles. The molecule has 3 aromatic carbocycles. The van der Waals surface area contributed by atoms with Gasteiger partial charge in [-0.3, -0.25) is 14.4 Å². The van der Waals surface area contributed by atoms with Gasteiger partial charge in [0.2, 0.25) is 0 Å². The molecule has 0 aliphatic carbocycles. The number of furan rings is 1. The monoisotopic (exact) mass is 551 g/mol. The molecule has 10 heteroatoms. The minimum atomic E-state index is -3.80. The molecule has 0 aliphatic heterocycles. The smallest absolute Gasteiger partial charge is 0.261 e. The number of aromatic nitrogens is 1. The van der Waals surface area contributed by atoms with Crippen molar-refractivity contribution < 1.29 is 17.6 Å². The van der Waals surface area contributed by atoms with E-state index in [9.17, 15) is 13.2 Å². The van der Waals surface area contributed by atoms with E-state index in [0.29, 0.717) is 27.2 Å². The second-order valence-corrected chi connectivity index (χ2v) is 11.3. The number of sulfonamides is 1. The number of aryl methyl sites for hydroxylation is 1. The molecule has 0 atom stereocenters. The maximum Gasteiger partial charge on any atom is 0.261 e. The van der Waals surface area contributed by atoms with Crippen LogP contribution in [0.2, 0.25) is 5.02 Å². The molecule has 1 amide bonds. The zero-order valence-electron chi connectivity index (χ0n) is 19.7. The summed E-state index contributed by atoms with van der Waals surface area (Å²) >= 11 is 7.30. The lowest BCUT2D eigenvalue weighted by Gasteiger charge is -2.19. The van der Waals surface area contributed by atoms with E-state index in [2.05, 4.69) is 11.6 Å². The minimum absolute atomic E-state index is 0.0870. The Hall–Kier alpha value is -3.66. The van der Waals surface area contributed by atoms with Crippen LogP contribution in [0.15, 0.2) is 94.4 Å². The summed E-state index contributed by atoms with van der Waals surface area (Å²) < 4.78 is 34.4. The van der Waals surface area contributed by atoms with Crippen LogP contribution in [0.1, 0.15) is 28.6 Å². The van der Waals surface area contributed by atoms with Crippen molar-refractivity contribution in [1.29, 1.82) is 0 Å². The van der Waals surface area contributed by atoms with Crippen molar-refractivity contribution in [2.45, 2.75) is 24.8 Å². The Balaban J connectivity index is 1.43. The third-order valence-corrected chi connectivity index (χ3v) is 8.44. The van der Waals surface area contributed by atoms with Crippen LogP contribution in [0, 0.1) is 0 Å². The number of carbonyl (C=O) groups excluding carboxylic acids is 1. The van der Waals surface area contributed by atoms with Gasteiger partial charge in [0.05, 0.1) is 27.9 Å². The molecule has 5 rings (SSSR count). The van der Waals surface area contributed by atoms with E-state index in [0.717, 1.165) is 22.2 Å². The number of rotatable bonds is 8. The summed E-state index contributed by atoms with van der Waals surface area (Å²) in [4.78, 5) is 20.1. The van der Waals surface area contributed by atoms with Gasteiger partial charge in [0.15, 0.2) is 5.13 Å². The summed E-state index contributed by atoms with van der Waals surface area (Å²) in [7, 11) is -3.80. The number of para-hydroxylation sites is 1. The topological polar surface area (TPSA) is 92.5 Å². The van der Waals surface area contributed by atoms with Crippen LogP contribution in [-0.4, -0.2) is 19.3 Å². The molecule has 0 radical (unpaired) electrons. The zero-order chi connectivity index (χ0) is 26.0. The highest BCUT2D eigenvalue weighted by molar-refractivity contribution is 7.92. The van der Waals surface area contributed by atoms with E-state index in [1.165, 1.54) is 35.6 Å². The summed E-state index contributed by atoms with van der Waals surface area (Å²) in [6.07, 6.45) is 2.40. The quantitative estimate of drug-likeness (QED) is 0.230. The first kappa shape index (κ1) is 25.0. The average molecular weight is 552 g/mol. The fraction of sp³-hybridized carbons (Fsp3) is 0.111. The fourth-order valence-corrected chi connectivity index (χ4v) is 6.04. The number of carbonyl (C=O) groups is 1. The van der Waals surface area contributed by atoms with Gasteiger partial charge in [0.25, 0.3) is 15.9 Å². The lowest BCUT2D eigenvalue weighted by molar-refractivity contribution is 0.0983. The van der Waals surface area contributed by atoms with Gasteiger partial charge in [-0.2, -0.15) is 0 Å². The summed E-state index contributed by atoms with van der Waals surface area (Å²) in [6, 6.07) is 21.8. The van der Waals surface area contributed by atoms with Gasteiger partial charge in [-0.1, -0.05) is 42.0 Å². The predicted molar refractivity (Wildman–Crippen MR) is 147 cm³/mol. The molecule has 0 bridgehead atoms. The number of hydrogen-bond acceptors (Lipinski definition) is 6. The van der Waals surface area contributed by atoms with Crippen LogP contribution in [0.25, 0.3) is 10.2 Å². The maximum atomic E-state index is 13.7. The highest BCUT2D eigenvalue weighted by Crippen LogP contribution is 2.33. The SMILES string of the molecule is CCc1cccc2sc(N(Cc3ccco3)C(=O)c3ccc(NS(=O)(=O)c4ccc(Cl)cc4)cc3)nc12. The molecule has 5 aromatic rings. The van der Waals surface area contributed by atoms with Gasteiger partial charge in [0, 0.05) is 16.3 Å². The van der Waals surface area contributed by atoms with E-state index in [1.54, 1.807) is 47.6 Å². The first-order valence-electron chi connectivity index (χ1n) is 11.4. The van der Waals surface area contributed by atoms with Crippen molar-refractivity contribution in [1.82, 2.24) is 4.98 Å². The van der Waals surface area contributed by atoms with Crippen LogP contribution in [0.5, 0.6) is 0 Å². The van der Waals surface area contributed by atoms with Crippen LogP contribution in [0.3, 0.4) is 0 Å². The first-order chi connectivity index (χ1) is 17.8. The normalized spacial score (nSPS) is 11.5. The van der Waals surface area contributed by atoms with E-state index in [-0.39, 0.29) is 17.3 Å². The van der Waals surface area contributed by atoms with Crippen LogP contribution < -0.4 is 9.62 Å². The van der Waals surface area contributed by atoms with Crippen molar-refractivity contribution in [3.63, 3.8) is 0 Å². The minimum Gasteiger partial charge on any atom is -0.467 e. The van der Waals surface area contributed by atoms with Gasteiger partial charge < -0.3 is 4.42 Å². The Morgan fingerprint density at radius 1 is 1.03 bits per heavy atom. The second-order valence-electron chi connectivity index (χ2n) is 8.22. The van der Waals surface area contributed by atoms with E-state index < -0.39 is 10.0 Å². The van der Waals surface area contributed by atoms with Crippen LogP contribution >= 0.6 is 22.9 Å². The lowest BCUT2D eigenvalue weighted by Crippen LogP contribution is -2.30. The lowest BCUT2D eigenvalue weighted by atomic mass is 10.1. The molecule has 0 spiro atoms. The van der Waals surface area contributed by atoms with Crippen LogP contribution in [-0.2, 0) is 23.0 Å². The third kappa shape index (κ3) is 5.39. The van der Waals surface area contributed by atoms with Crippen molar-refractivity contribution in [3.8, 4) is 0 Å². The summed E-state index contributed by atoms with van der Waals surface area (Å²) in [5.41, 5.74) is 2.71.